The molecule has 0 heterocycles. The van der Waals surface area contributed by atoms with Gasteiger partial charge in [-0.15, -0.1) is 0 Å². The first-order valence-electron chi connectivity index (χ1n) is 14.7. The maximum atomic E-state index is 13.3. The summed E-state index contributed by atoms with van der Waals surface area (Å²) in [4.78, 5) is 38.5. The summed E-state index contributed by atoms with van der Waals surface area (Å²) in [5.74, 6) is -0.765. The monoisotopic (exact) mass is 488 g/mol. The minimum Gasteiger partial charge on any atom is -0.481 e. The van der Waals surface area contributed by atoms with Crippen molar-refractivity contribution in [1.29, 1.82) is 0 Å². The molecule has 7 atom stereocenters. The van der Waals surface area contributed by atoms with E-state index in [1.807, 2.05) is 0 Å². The van der Waals surface area contributed by atoms with E-state index in [9.17, 15) is 19.5 Å². The molecule has 0 amide bonds. The molecule has 0 aromatic carbocycles. The number of ether oxygens (including phenoxy) is 2. The fourth-order valence-electron chi connectivity index (χ4n) is 8.36. The molecule has 7 unspecified atom stereocenters. The van der Waals surface area contributed by atoms with E-state index in [1.54, 1.807) is 0 Å². The molecule has 5 saturated carbocycles. The van der Waals surface area contributed by atoms with Gasteiger partial charge in [-0.1, -0.05) is 51.4 Å². The molecule has 1 N–H and O–H groups in total. The molecule has 0 radical (unpaired) electrons. The highest BCUT2D eigenvalue weighted by atomic mass is 16.6. The van der Waals surface area contributed by atoms with Crippen LogP contribution in [0, 0.1) is 41.4 Å². The van der Waals surface area contributed by atoms with Crippen molar-refractivity contribution in [2.24, 2.45) is 41.4 Å². The third kappa shape index (κ3) is 5.41. The number of hydrogen-bond acceptors (Lipinski definition) is 5. The van der Waals surface area contributed by atoms with Crippen molar-refractivity contribution in [3.63, 3.8) is 0 Å². The van der Waals surface area contributed by atoms with Crippen LogP contribution in [0.3, 0.4) is 0 Å². The lowest BCUT2D eigenvalue weighted by Gasteiger charge is -2.54. The van der Waals surface area contributed by atoms with Crippen LogP contribution in [-0.4, -0.2) is 35.2 Å². The van der Waals surface area contributed by atoms with Gasteiger partial charge < -0.3 is 14.6 Å². The van der Waals surface area contributed by atoms with E-state index < -0.39 is 11.9 Å². The molecule has 0 spiro atoms. The van der Waals surface area contributed by atoms with Crippen LogP contribution in [0.25, 0.3) is 0 Å². The molecule has 6 heteroatoms. The van der Waals surface area contributed by atoms with Crippen LogP contribution in [0.4, 0.5) is 0 Å². The lowest BCUT2D eigenvalue weighted by molar-refractivity contribution is -0.205. The van der Waals surface area contributed by atoms with Crippen molar-refractivity contribution in [1.82, 2.24) is 0 Å². The van der Waals surface area contributed by atoms with E-state index >= 15 is 0 Å². The predicted molar refractivity (Wildman–Crippen MR) is 130 cm³/mol. The van der Waals surface area contributed by atoms with Gasteiger partial charge in [-0.2, -0.15) is 0 Å². The van der Waals surface area contributed by atoms with Crippen LogP contribution >= 0.6 is 0 Å². The van der Waals surface area contributed by atoms with Crippen LogP contribution < -0.4 is 0 Å². The molecule has 0 aromatic heterocycles. The van der Waals surface area contributed by atoms with E-state index in [0.717, 1.165) is 83.5 Å². The second-order valence-corrected chi connectivity index (χ2v) is 12.3. The van der Waals surface area contributed by atoms with E-state index in [2.05, 4.69) is 0 Å². The van der Waals surface area contributed by atoms with Gasteiger partial charge in [-0.3, -0.25) is 14.4 Å². The first kappa shape index (κ1) is 25.1. The normalized spacial score (nSPS) is 38.6. The second kappa shape index (κ2) is 11.2. The van der Waals surface area contributed by atoms with Crippen LogP contribution in [0.2, 0.25) is 0 Å². The van der Waals surface area contributed by atoms with Gasteiger partial charge in [0, 0.05) is 23.7 Å². The Morgan fingerprint density at radius 2 is 0.914 bits per heavy atom. The summed E-state index contributed by atoms with van der Waals surface area (Å²) in [5.41, 5.74) is 0. The first-order valence-corrected chi connectivity index (χ1v) is 14.7. The Labute approximate surface area is 209 Å². The Kier molecular flexibility index (Phi) is 8.03. The third-order valence-electron chi connectivity index (χ3n) is 10.2. The Morgan fingerprint density at radius 3 is 1.40 bits per heavy atom. The highest BCUT2D eigenvalue weighted by molar-refractivity contribution is 5.73. The molecule has 196 valence electrons. The van der Waals surface area contributed by atoms with Gasteiger partial charge in [0.2, 0.25) is 0 Å². The summed E-state index contributed by atoms with van der Waals surface area (Å²) < 4.78 is 12.8. The van der Waals surface area contributed by atoms with Crippen molar-refractivity contribution in [2.45, 2.75) is 121 Å². The Hall–Kier alpha value is -1.59. The summed E-state index contributed by atoms with van der Waals surface area (Å²) in [5, 5.41) is 9.82. The fourth-order valence-corrected chi connectivity index (χ4v) is 8.36. The lowest BCUT2D eigenvalue weighted by Crippen LogP contribution is -2.58. The first-order chi connectivity index (χ1) is 17.0. The molecule has 0 saturated heterocycles. The number of carboxylic acid groups (broad SMARTS) is 1. The number of esters is 2. The maximum Gasteiger partial charge on any atom is 0.309 e. The molecule has 5 fully saturated rings. The van der Waals surface area contributed by atoms with Gasteiger partial charge in [0.1, 0.15) is 12.2 Å². The van der Waals surface area contributed by atoms with Gasteiger partial charge >= 0.3 is 17.9 Å². The van der Waals surface area contributed by atoms with Crippen LogP contribution in [0.1, 0.15) is 109 Å². The molecular formula is C29H44O6. The molecule has 6 nitrogen and oxygen atoms in total. The van der Waals surface area contributed by atoms with E-state index in [0.29, 0.717) is 12.8 Å². The molecule has 35 heavy (non-hydrogen) atoms. The predicted octanol–water partition coefficient (Wildman–Crippen LogP) is 5.91. The maximum absolute atomic E-state index is 13.3. The smallest absolute Gasteiger partial charge is 0.309 e. The van der Waals surface area contributed by atoms with Gasteiger partial charge in [0.05, 0.1) is 17.8 Å². The average molecular weight is 489 g/mol. The second-order valence-electron chi connectivity index (χ2n) is 12.3. The van der Waals surface area contributed by atoms with Crippen molar-refractivity contribution >= 4 is 17.9 Å². The quantitative estimate of drug-likeness (QED) is 0.484. The molecule has 5 aliphatic carbocycles. The van der Waals surface area contributed by atoms with Crippen LogP contribution in [0.15, 0.2) is 0 Å². The number of hydrogen-bond donors (Lipinski definition) is 1. The highest BCUT2D eigenvalue weighted by Crippen LogP contribution is 2.54. The molecule has 0 aromatic rings. The number of carboxylic acids is 1. The summed E-state index contributed by atoms with van der Waals surface area (Å²) in [7, 11) is 0. The van der Waals surface area contributed by atoms with Gasteiger partial charge in [0.15, 0.2) is 0 Å². The van der Waals surface area contributed by atoms with Crippen LogP contribution in [-0.2, 0) is 23.9 Å². The Morgan fingerprint density at radius 1 is 0.486 bits per heavy atom. The van der Waals surface area contributed by atoms with E-state index in [-0.39, 0.29) is 59.7 Å². The number of aliphatic carboxylic acids is 1. The SMILES string of the molecule is O=C(O)C1CCC2C(C1)C(OC(=O)C1CCCCC1)C1CCCCC1C2OC(=O)C1CCCCC1. The summed E-state index contributed by atoms with van der Waals surface area (Å²) >= 11 is 0. The summed E-state index contributed by atoms with van der Waals surface area (Å²) in [6, 6.07) is 0. The van der Waals surface area contributed by atoms with Crippen molar-refractivity contribution in [3.8, 4) is 0 Å². The molecular weight excluding hydrogens is 444 g/mol. The number of rotatable bonds is 5. The summed E-state index contributed by atoms with van der Waals surface area (Å²) in [6.07, 6.45) is 16.2. The number of fused-ring (bicyclic) bond motifs is 2. The topological polar surface area (TPSA) is 89.9 Å². The van der Waals surface area contributed by atoms with Crippen LogP contribution in [0.5, 0.6) is 0 Å². The summed E-state index contributed by atoms with van der Waals surface area (Å²) in [6.45, 7) is 0. The Balaban J connectivity index is 1.39. The standard InChI is InChI=1S/C29H44O6/c30-27(31)20-15-16-23-24(17-20)26(35-29(33)19-11-5-2-6-12-19)22-14-8-7-13-21(22)25(23)34-28(32)18-9-3-1-4-10-18/h18-26H,1-17H2,(H,30,31). The molecule has 5 aliphatic rings. The van der Waals surface area contributed by atoms with Gasteiger partial charge in [-0.05, 0) is 57.8 Å². The zero-order valence-electron chi connectivity index (χ0n) is 21.2. The van der Waals surface area contributed by atoms with Gasteiger partial charge in [0.25, 0.3) is 0 Å². The number of carbonyl (C=O) groups excluding carboxylic acids is 2. The molecule has 0 bridgehead atoms. The lowest BCUT2D eigenvalue weighted by atomic mass is 9.55. The van der Waals surface area contributed by atoms with Crippen molar-refractivity contribution < 1.29 is 29.0 Å². The molecule has 0 aliphatic heterocycles. The zero-order valence-corrected chi connectivity index (χ0v) is 21.2. The fraction of sp³-hybridized carbons (Fsp3) is 0.897. The van der Waals surface area contributed by atoms with Gasteiger partial charge in [-0.25, -0.2) is 0 Å². The van der Waals surface area contributed by atoms with Crippen molar-refractivity contribution in [2.75, 3.05) is 0 Å². The zero-order chi connectivity index (χ0) is 24.4. The van der Waals surface area contributed by atoms with Crippen molar-refractivity contribution in [3.05, 3.63) is 0 Å². The minimum absolute atomic E-state index is 0.00930. The highest BCUT2D eigenvalue weighted by Gasteiger charge is 2.56. The van der Waals surface area contributed by atoms with E-state index in [4.69, 9.17) is 9.47 Å². The molecule has 5 rings (SSSR count). The Bertz CT molecular complexity index is 767. The largest absolute Gasteiger partial charge is 0.481 e. The van der Waals surface area contributed by atoms with E-state index in [1.165, 1.54) is 12.8 Å². The number of carbonyl (C=O) groups is 3. The minimum atomic E-state index is -0.748. The third-order valence-corrected chi connectivity index (χ3v) is 10.2. The average Bonchev–Trinajstić information content (AvgIpc) is 2.90.